The smallest absolute Gasteiger partial charge is 0.240 e. The third-order valence-corrected chi connectivity index (χ3v) is 11.1. The summed E-state index contributed by atoms with van der Waals surface area (Å²) in [6.45, 7) is 3.91. The lowest BCUT2D eigenvalue weighted by Gasteiger charge is -2.24. The highest BCUT2D eigenvalue weighted by molar-refractivity contribution is 7.89. The van der Waals surface area contributed by atoms with E-state index in [9.17, 15) is 21.6 Å². The summed E-state index contributed by atoms with van der Waals surface area (Å²) >= 11 is 0. The molecular formula is C37H45ClN4O5S2. The van der Waals surface area contributed by atoms with Gasteiger partial charge >= 0.3 is 0 Å². The van der Waals surface area contributed by atoms with Crippen LogP contribution in [0.1, 0.15) is 42.4 Å². The van der Waals surface area contributed by atoms with Gasteiger partial charge in [-0.05, 0) is 103 Å². The van der Waals surface area contributed by atoms with Crippen molar-refractivity contribution in [3.05, 3.63) is 120 Å². The van der Waals surface area contributed by atoms with Crippen molar-refractivity contribution >= 4 is 38.4 Å². The molecule has 0 saturated carbocycles. The molecule has 49 heavy (non-hydrogen) atoms. The molecule has 1 heterocycles. The van der Waals surface area contributed by atoms with Crippen molar-refractivity contribution in [2.45, 2.75) is 54.9 Å². The Kier molecular flexibility index (Phi) is 14.0. The van der Waals surface area contributed by atoms with Gasteiger partial charge in [0.1, 0.15) is 0 Å². The Hall–Kier alpha value is -3.58. The molecule has 12 heteroatoms. The predicted molar refractivity (Wildman–Crippen MR) is 196 cm³/mol. The number of carbonyl (C=O) groups excluding carboxylic acids is 1. The number of nitrogens with one attached hydrogen (secondary N) is 1. The monoisotopic (exact) mass is 724 g/mol. The highest BCUT2D eigenvalue weighted by Crippen LogP contribution is 2.25. The fourth-order valence-electron chi connectivity index (χ4n) is 5.99. The lowest BCUT2D eigenvalue weighted by atomic mass is 10.0. The minimum Gasteiger partial charge on any atom is -0.338 e. The number of nitrogens with zero attached hydrogens (tertiary/aromatic N) is 2. The Labute approximate surface area is 297 Å². The first kappa shape index (κ1) is 38.2. The summed E-state index contributed by atoms with van der Waals surface area (Å²) in [6.07, 6.45) is 4.77. The maximum atomic E-state index is 13.6. The number of primary sulfonamides is 1. The zero-order valence-electron chi connectivity index (χ0n) is 27.5. The molecule has 0 bridgehead atoms. The molecule has 0 aromatic heterocycles. The van der Waals surface area contributed by atoms with Gasteiger partial charge in [0.05, 0.1) is 9.79 Å². The molecule has 9 nitrogen and oxygen atoms in total. The van der Waals surface area contributed by atoms with Crippen molar-refractivity contribution in [3.8, 4) is 11.1 Å². The van der Waals surface area contributed by atoms with E-state index in [-0.39, 0.29) is 28.1 Å². The van der Waals surface area contributed by atoms with Gasteiger partial charge in [-0.15, -0.1) is 12.4 Å². The van der Waals surface area contributed by atoms with Crippen molar-refractivity contribution < 1.29 is 21.6 Å². The van der Waals surface area contributed by atoms with Crippen LogP contribution in [0.15, 0.2) is 113 Å². The number of hydrogen-bond donors (Lipinski definition) is 2. The highest BCUT2D eigenvalue weighted by Gasteiger charge is 2.18. The van der Waals surface area contributed by atoms with Gasteiger partial charge in [-0.2, -0.15) is 0 Å². The summed E-state index contributed by atoms with van der Waals surface area (Å²) in [7, 11) is -7.45. The summed E-state index contributed by atoms with van der Waals surface area (Å²) in [5.74, 6) is 0.0329. The Bertz CT molecular complexity index is 1880. The first-order chi connectivity index (χ1) is 23.1. The molecule has 5 rings (SSSR count). The molecule has 1 saturated heterocycles. The summed E-state index contributed by atoms with van der Waals surface area (Å²) in [6, 6.07) is 31.3. The number of likely N-dealkylation sites (tertiary alicyclic amines) is 1. The molecule has 1 fully saturated rings. The van der Waals surface area contributed by atoms with Gasteiger partial charge in [0.25, 0.3) is 0 Å². The molecule has 4 aromatic carbocycles. The van der Waals surface area contributed by atoms with Crippen LogP contribution >= 0.6 is 12.4 Å². The standard InChI is InChI=1S/C37H44N4O5S2.ClH/c38-47(43,44)35-19-17-31(18-20-35)21-25-41(37(42)16-7-11-30-9-2-1-3-10-30)29-32-12-6-13-33(27-32)34-14-8-15-36(28-34)48(45,46)39-22-26-40-23-4-5-24-40;/h1-3,6,8-10,12-15,17-20,27-28,39H,4-5,7,11,16,21-26,29H2,(H2,38,43,44);1H. The Balaban J connectivity index is 0.00000541. The largest absolute Gasteiger partial charge is 0.338 e. The Morgan fingerprint density at radius 1 is 0.735 bits per heavy atom. The third-order valence-electron chi connectivity index (χ3n) is 8.67. The van der Waals surface area contributed by atoms with Crippen LogP contribution in [-0.4, -0.2) is 65.3 Å². The zero-order valence-corrected chi connectivity index (χ0v) is 30.0. The number of halogens is 1. The van der Waals surface area contributed by atoms with Crippen LogP contribution in [0.3, 0.4) is 0 Å². The number of rotatable bonds is 16. The first-order valence-corrected chi connectivity index (χ1v) is 19.4. The SMILES string of the molecule is Cl.NS(=O)(=O)c1ccc(CCN(Cc2cccc(-c3cccc(S(=O)(=O)NCCN4CCCC4)c3)c2)C(=O)CCCc2ccccc2)cc1. The van der Waals surface area contributed by atoms with Crippen LogP contribution in [-0.2, 0) is 44.2 Å². The van der Waals surface area contributed by atoms with E-state index in [2.05, 4.69) is 21.8 Å². The van der Waals surface area contributed by atoms with Crippen LogP contribution < -0.4 is 9.86 Å². The van der Waals surface area contributed by atoms with Gasteiger partial charge in [0.15, 0.2) is 0 Å². The van der Waals surface area contributed by atoms with Gasteiger partial charge in [-0.1, -0.05) is 72.8 Å². The summed E-state index contributed by atoms with van der Waals surface area (Å²) in [5.41, 5.74) is 4.63. The number of sulfonamides is 2. The molecule has 1 aliphatic rings. The second-order valence-corrected chi connectivity index (χ2v) is 15.6. The van der Waals surface area contributed by atoms with E-state index in [0.29, 0.717) is 39.0 Å². The number of amides is 1. The summed E-state index contributed by atoms with van der Waals surface area (Å²) < 4.78 is 52.3. The summed E-state index contributed by atoms with van der Waals surface area (Å²) in [5, 5.41) is 5.25. The van der Waals surface area contributed by atoms with E-state index in [1.165, 1.54) is 17.7 Å². The molecule has 3 N–H and O–H groups in total. The van der Waals surface area contributed by atoms with E-state index in [1.54, 1.807) is 30.3 Å². The lowest BCUT2D eigenvalue weighted by molar-refractivity contribution is -0.131. The van der Waals surface area contributed by atoms with Crippen molar-refractivity contribution in [2.24, 2.45) is 5.14 Å². The van der Waals surface area contributed by atoms with Gasteiger partial charge in [-0.25, -0.2) is 26.7 Å². The predicted octanol–water partition coefficient (Wildman–Crippen LogP) is 5.39. The molecule has 4 aromatic rings. The quantitative estimate of drug-likeness (QED) is 0.160. The van der Waals surface area contributed by atoms with Crippen molar-refractivity contribution in [2.75, 3.05) is 32.7 Å². The Morgan fingerprint density at radius 3 is 2.06 bits per heavy atom. The first-order valence-electron chi connectivity index (χ1n) is 16.4. The fourth-order valence-corrected chi connectivity index (χ4v) is 7.57. The molecule has 1 amide bonds. The molecule has 0 spiro atoms. The minimum atomic E-state index is -3.79. The van der Waals surface area contributed by atoms with Crippen molar-refractivity contribution in [1.29, 1.82) is 0 Å². The maximum absolute atomic E-state index is 13.6. The van der Waals surface area contributed by atoms with Gasteiger partial charge in [0.2, 0.25) is 26.0 Å². The van der Waals surface area contributed by atoms with Crippen LogP contribution in [0.5, 0.6) is 0 Å². The van der Waals surface area contributed by atoms with Crippen molar-refractivity contribution in [3.63, 3.8) is 0 Å². The van der Waals surface area contributed by atoms with Gasteiger partial charge < -0.3 is 9.80 Å². The second kappa shape index (κ2) is 17.9. The zero-order chi connectivity index (χ0) is 34.0. The number of benzene rings is 4. The van der Waals surface area contributed by atoms with E-state index >= 15 is 0 Å². The van der Waals surface area contributed by atoms with Gasteiger partial charge in [-0.3, -0.25) is 4.79 Å². The molecule has 0 aliphatic carbocycles. The topological polar surface area (TPSA) is 130 Å². The molecule has 0 radical (unpaired) electrons. The van der Waals surface area contributed by atoms with E-state index in [4.69, 9.17) is 5.14 Å². The Morgan fingerprint density at radius 2 is 1.37 bits per heavy atom. The van der Waals surface area contributed by atoms with Gasteiger partial charge in [0, 0.05) is 32.6 Å². The molecule has 262 valence electrons. The van der Waals surface area contributed by atoms with E-state index in [0.717, 1.165) is 61.0 Å². The minimum absolute atomic E-state index is 0. The molecule has 1 aliphatic heterocycles. The number of hydrogen-bond acceptors (Lipinski definition) is 6. The number of carbonyl (C=O) groups is 1. The normalized spacial score (nSPS) is 13.6. The van der Waals surface area contributed by atoms with Crippen LogP contribution in [0, 0.1) is 0 Å². The number of nitrogens with two attached hydrogens (primary N) is 1. The van der Waals surface area contributed by atoms with Crippen LogP contribution in [0.4, 0.5) is 0 Å². The molecule has 0 unspecified atom stereocenters. The maximum Gasteiger partial charge on any atom is 0.240 e. The average Bonchev–Trinajstić information content (AvgIpc) is 3.60. The molecule has 0 atom stereocenters. The highest BCUT2D eigenvalue weighted by atomic mass is 35.5. The second-order valence-electron chi connectivity index (χ2n) is 12.3. The van der Waals surface area contributed by atoms with Crippen molar-refractivity contribution in [1.82, 2.24) is 14.5 Å². The van der Waals surface area contributed by atoms with E-state index < -0.39 is 20.0 Å². The molecular weight excluding hydrogens is 680 g/mol. The van der Waals surface area contributed by atoms with E-state index in [1.807, 2.05) is 53.4 Å². The van der Waals surface area contributed by atoms with Crippen LogP contribution in [0.25, 0.3) is 11.1 Å². The fraction of sp³-hybridized carbons (Fsp3) is 0.324. The van der Waals surface area contributed by atoms with Crippen LogP contribution in [0.2, 0.25) is 0 Å². The number of aryl methyl sites for hydroxylation is 1. The lowest BCUT2D eigenvalue weighted by Crippen LogP contribution is -2.33. The third kappa shape index (κ3) is 11.5. The average molecular weight is 725 g/mol. The summed E-state index contributed by atoms with van der Waals surface area (Å²) in [4.78, 5) is 18.0.